The standard InChI is InChI=1S/C11H21NO3/c1-3-14-11(13)9(2)15-7-5-10-4-6-12-8-10/h9-10,12H,3-8H2,1-2H3. The molecule has 1 N–H and O–H groups in total. The summed E-state index contributed by atoms with van der Waals surface area (Å²) in [6.07, 6.45) is 1.81. The molecule has 2 unspecified atom stereocenters. The molecule has 4 heteroatoms. The molecule has 4 nitrogen and oxygen atoms in total. The van der Waals surface area contributed by atoms with Crippen LogP contribution < -0.4 is 5.32 Å². The second kappa shape index (κ2) is 6.80. The minimum absolute atomic E-state index is 0.262. The fraction of sp³-hybridized carbons (Fsp3) is 0.909. The summed E-state index contributed by atoms with van der Waals surface area (Å²) < 4.78 is 10.3. The van der Waals surface area contributed by atoms with Crippen LogP contribution in [0.5, 0.6) is 0 Å². The first-order valence-corrected chi connectivity index (χ1v) is 5.73. The van der Waals surface area contributed by atoms with Gasteiger partial charge in [-0.15, -0.1) is 0 Å². The van der Waals surface area contributed by atoms with Crippen molar-refractivity contribution in [1.82, 2.24) is 5.32 Å². The molecule has 0 aromatic carbocycles. The Labute approximate surface area is 91.3 Å². The van der Waals surface area contributed by atoms with E-state index in [2.05, 4.69) is 5.32 Å². The number of rotatable bonds is 6. The van der Waals surface area contributed by atoms with Crippen LogP contribution >= 0.6 is 0 Å². The second-order valence-electron chi connectivity index (χ2n) is 3.91. The molecule has 15 heavy (non-hydrogen) atoms. The largest absolute Gasteiger partial charge is 0.464 e. The third-order valence-electron chi connectivity index (χ3n) is 2.67. The van der Waals surface area contributed by atoms with Crippen molar-refractivity contribution >= 4 is 5.97 Å². The third-order valence-corrected chi connectivity index (χ3v) is 2.67. The van der Waals surface area contributed by atoms with Crippen molar-refractivity contribution in [2.75, 3.05) is 26.3 Å². The highest BCUT2D eigenvalue weighted by Gasteiger charge is 2.17. The SMILES string of the molecule is CCOC(=O)C(C)OCCC1CCNC1. The minimum Gasteiger partial charge on any atom is -0.464 e. The molecule has 1 rings (SSSR count). The van der Waals surface area contributed by atoms with Crippen LogP contribution in [0.25, 0.3) is 0 Å². The molecule has 0 radical (unpaired) electrons. The lowest BCUT2D eigenvalue weighted by molar-refractivity contribution is -0.155. The Kier molecular flexibility index (Phi) is 5.65. The highest BCUT2D eigenvalue weighted by Crippen LogP contribution is 2.12. The Morgan fingerprint density at radius 3 is 3.00 bits per heavy atom. The average Bonchev–Trinajstić information content (AvgIpc) is 2.71. The molecular formula is C11H21NO3. The zero-order chi connectivity index (χ0) is 11.1. The van der Waals surface area contributed by atoms with Crippen LogP contribution in [0.2, 0.25) is 0 Å². The molecule has 0 spiro atoms. The number of ether oxygens (including phenoxy) is 2. The van der Waals surface area contributed by atoms with Gasteiger partial charge in [0, 0.05) is 6.61 Å². The fourth-order valence-electron chi connectivity index (χ4n) is 1.70. The Morgan fingerprint density at radius 2 is 2.40 bits per heavy atom. The van der Waals surface area contributed by atoms with Crippen molar-refractivity contribution in [2.45, 2.75) is 32.8 Å². The number of nitrogens with one attached hydrogen (secondary N) is 1. The van der Waals surface area contributed by atoms with Gasteiger partial charge < -0.3 is 14.8 Å². The van der Waals surface area contributed by atoms with Crippen molar-refractivity contribution in [3.8, 4) is 0 Å². The number of carbonyl (C=O) groups excluding carboxylic acids is 1. The van der Waals surface area contributed by atoms with Crippen LogP contribution in [0.1, 0.15) is 26.7 Å². The molecular weight excluding hydrogens is 194 g/mol. The smallest absolute Gasteiger partial charge is 0.334 e. The monoisotopic (exact) mass is 215 g/mol. The lowest BCUT2D eigenvalue weighted by Crippen LogP contribution is -2.24. The van der Waals surface area contributed by atoms with Crippen molar-refractivity contribution in [1.29, 1.82) is 0 Å². The summed E-state index contributed by atoms with van der Waals surface area (Å²) in [7, 11) is 0. The molecule has 0 saturated carbocycles. The quantitative estimate of drug-likeness (QED) is 0.670. The topological polar surface area (TPSA) is 47.6 Å². The molecule has 1 aliphatic rings. The number of hydrogen-bond acceptors (Lipinski definition) is 4. The van der Waals surface area contributed by atoms with Crippen LogP contribution in [0, 0.1) is 5.92 Å². The number of hydrogen-bond donors (Lipinski definition) is 1. The van der Waals surface area contributed by atoms with Crippen molar-refractivity contribution < 1.29 is 14.3 Å². The molecule has 1 saturated heterocycles. The molecule has 1 aliphatic heterocycles. The highest BCUT2D eigenvalue weighted by atomic mass is 16.6. The van der Waals surface area contributed by atoms with Gasteiger partial charge in [-0.05, 0) is 45.7 Å². The highest BCUT2D eigenvalue weighted by molar-refractivity contribution is 5.74. The Morgan fingerprint density at radius 1 is 1.60 bits per heavy atom. The van der Waals surface area contributed by atoms with Crippen LogP contribution in [0.15, 0.2) is 0 Å². The maximum atomic E-state index is 11.2. The van der Waals surface area contributed by atoms with Crippen molar-refractivity contribution in [2.24, 2.45) is 5.92 Å². The molecule has 1 heterocycles. The fourth-order valence-corrected chi connectivity index (χ4v) is 1.70. The van der Waals surface area contributed by atoms with Crippen LogP contribution in [0.3, 0.4) is 0 Å². The van der Waals surface area contributed by atoms with E-state index in [4.69, 9.17) is 9.47 Å². The first-order chi connectivity index (χ1) is 7.24. The van der Waals surface area contributed by atoms with Gasteiger partial charge in [-0.25, -0.2) is 4.79 Å². The number of esters is 1. The van der Waals surface area contributed by atoms with Gasteiger partial charge in [0.25, 0.3) is 0 Å². The molecule has 0 aliphatic carbocycles. The van der Waals surface area contributed by atoms with Gasteiger partial charge in [0.05, 0.1) is 6.61 Å². The molecule has 88 valence electrons. The molecule has 2 atom stereocenters. The summed E-state index contributed by atoms with van der Waals surface area (Å²) in [5.41, 5.74) is 0. The van der Waals surface area contributed by atoms with Crippen LogP contribution in [-0.2, 0) is 14.3 Å². The van der Waals surface area contributed by atoms with E-state index in [1.807, 2.05) is 0 Å². The zero-order valence-electron chi connectivity index (χ0n) is 9.62. The first-order valence-electron chi connectivity index (χ1n) is 5.73. The molecule has 1 fully saturated rings. The van der Waals surface area contributed by atoms with E-state index in [0.29, 0.717) is 19.1 Å². The van der Waals surface area contributed by atoms with Gasteiger partial charge in [-0.2, -0.15) is 0 Å². The maximum Gasteiger partial charge on any atom is 0.334 e. The predicted molar refractivity (Wildman–Crippen MR) is 57.6 cm³/mol. The first kappa shape index (κ1) is 12.5. The summed E-state index contributed by atoms with van der Waals surface area (Å²) in [6, 6.07) is 0. The molecule has 0 bridgehead atoms. The minimum atomic E-state index is -0.431. The maximum absolute atomic E-state index is 11.2. The lowest BCUT2D eigenvalue weighted by atomic mass is 10.1. The average molecular weight is 215 g/mol. The summed E-state index contributed by atoms with van der Waals surface area (Å²) in [5.74, 6) is 0.446. The summed E-state index contributed by atoms with van der Waals surface area (Å²) in [4.78, 5) is 11.2. The molecule has 0 amide bonds. The lowest BCUT2D eigenvalue weighted by Gasteiger charge is -2.13. The normalized spacial score (nSPS) is 22.7. The van der Waals surface area contributed by atoms with Gasteiger partial charge in [-0.3, -0.25) is 0 Å². The third kappa shape index (κ3) is 4.62. The van der Waals surface area contributed by atoms with Gasteiger partial charge in [0.2, 0.25) is 0 Å². The van der Waals surface area contributed by atoms with Gasteiger partial charge >= 0.3 is 5.97 Å². The van der Waals surface area contributed by atoms with E-state index in [9.17, 15) is 4.79 Å². The van der Waals surface area contributed by atoms with Gasteiger partial charge in [-0.1, -0.05) is 0 Å². The predicted octanol–water partition coefficient (Wildman–Crippen LogP) is 0.954. The van der Waals surface area contributed by atoms with E-state index >= 15 is 0 Å². The van der Waals surface area contributed by atoms with Crippen LogP contribution in [-0.4, -0.2) is 38.4 Å². The van der Waals surface area contributed by atoms with E-state index in [-0.39, 0.29) is 5.97 Å². The van der Waals surface area contributed by atoms with E-state index < -0.39 is 6.10 Å². The van der Waals surface area contributed by atoms with E-state index in [0.717, 1.165) is 19.5 Å². The van der Waals surface area contributed by atoms with Crippen molar-refractivity contribution in [3.63, 3.8) is 0 Å². The van der Waals surface area contributed by atoms with Gasteiger partial charge in [0.15, 0.2) is 6.10 Å². The van der Waals surface area contributed by atoms with Crippen molar-refractivity contribution in [3.05, 3.63) is 0 Å². The van der Waals surface area contributed by atoms with Gasteiger partial charge in [0.1, 0.15) is 0 Å². The Bertz CT molecular complexity index is 190. The molecule has 0 aromatic rings. The van der Waals surface area contributed by atoms with E-state index in [1.165, 1.54) is 6.42 Å². The zero-order valence-corrected chi connectivity index (χ0v) is 9.62. The Hall–Kier alpha value is -0.610. The summed E-state index contributed by atoms with van der Waals surface area (Å²) in [5, 5.41) is 3.31. The number of carbonyl (C=O) groups is 1. The van der Waals surface area contributed by atoms with E-state index in [1.54, 1.807) is 13.8 Å². The summed E-state index contributed by atoms with van der Waals surface area (Å²) in [6.45, 7) is 6.79. The molecule has 0 aromatic heterocycles. The Balaban J connectivity index is 2.05. The second-order valence-corrected chi connectivity index (χ2v) is 3.91. The summed E-state index contributed by atoms with van der Waals surface area (Å²) >= 11 is 0. The van der Waals surface area contributed by atoms with Crippen LogP contribution in [0.4, 0.5) is 0 Å².